The summed E-state index contributed by atoms with van der Waals surface area (Å²) in [7, 11) is 0. The van der Waals surface area contributed by atoms with Gasteiger partial charge in [-0.1, -0.05) is 36.1 Å². The van der Waals surface area contributed by atoms with Gasteiger partial charge in [0, 0.05) is 10.5 Å². The maximum absolute atomic E-state index is 12.1. The van der Waals surface area contributed by atoms with Crippen LogP contribution >= 0.6 is 11.8 Å². The summed E-state index contributed by atoms with van der Waals surface area (Å²) in [5, 5.41) is 8.17. The van der Waals surface area contributed by atoms with Crippen molar-refractivity contribution in [1.82, 2.24) is 5.48 Å². The molecule has 0 radical (unpaired) electrons. The molecule has 1 aliphatic carbocycles. The number of carbonyl (C=O) groups excluding carboxylic acids is 1. The predicted molar refractivity (Wildman–Crippen MR) is 74.8 cm³/mol. The Hall–Kier alpha value is -1.79. The zero-order valence-corrected chi connectivity index (χ0v) is 11.2. The zero-order chi connectivity index (χ0) is 13.7. The lowest BCUT2D eigenvalue weighted by Crippen LogP contribution is -2.16. The van der Waals surface area contributed by atoms with Crippen LogP contribution in [0, 0.1) is 0 Å². The lowest BCUT2D eigenvalue weighted by molar-refractivity contribution is -0.138. The highest BCUT2D eigenvalue weighted by molar-refractivity contribution is 8.04. The first kappa shape index (κ1) is 13.6. The summed E-state index contributed by atoms with van der Waals surface area (Å²) >= 11 is 1.44. The Bertz CT molecular complexity index is 518. The molecule has 100 valence electrons. The smallest absolute Gasteiger partial charge is 0.337 e. The molecule has 1 aliphatic heterocycles. The normalized spacial score (nSPS) is 21.4. The van der Waals surface area contributed by atoms with Crippen LogP contribution in [0.1, 0.15) is 6.92 Å². The van der Waals surface area contributed by atoms with E-state index in [2.05, 4.69) is 4.99 Å². The first-order chi connectivity index (χ1) is 9.27. The van der Waals surface area contributed by atoms with Gasteiger partial charge in [0.15, 0.2) is 0 Å². The van der Waals surface area contributed by atoms with Gasteiger partial charge in [0.1, 0.15) is 11.7 Å². The van der Waals surface area contributed by atoms with E-state index in [9.17, 15) is 4.79 Å². The third-order valence-corrected chi connectivity index (χ3v) is 3.73. The highest BCUT2D eigenvalue weighted by atomic mass is 32.2. The third-order valence-electron chi connectivity index (χ3n) is 2.54. The van der Waals surface area contributed by atoms with Crippen LogP contribution in [-0.4, -0.2) is 29.5 Å². The van der Waals surface area contributed by atoms with Crippen molar-refractivity contribution in [3.63, 3.8) is 0 Å². The molecule has 5 nitrogen and oxygen atoms in total. The molecule has 1 heterocycles. The second-order valence-corrected chi connectivity index (χ2v) is 4.82. The van der Waals surface area contributed by atoms with Crippen molar-refractivity contribution in [3.05, 3.63) is 46.4 Å². The van der Waals surface area contributed by atoms with E-state index in [0.29, 0.717) is 12.2 Å². The van der Waals surface area contributed by atoms with Crippen molar-refractivity contribution < 1.29 is 14.7 Å². The minimum Gasteiger partial charge on any atom is -0.463 e. The van der Waals surface area contributed by atoms with Crippen molar-refractivity contribution in [2.75, 3.05) is 6.61 Å². The molecule has 0 aromatic heterocycles. The number of nitrogens with zero attached hydrogens (tertiary/aromatic N) is 1. The van der Waals surface area contributed by atoms with E-state index in [1.54, 1.807) is 6.92 Å². The molecule has 0 bridgehead atoms. The second-order valence-electron chi connectivity index (χ2n) is 3.70. The molecule has 0 amide bonds. The van der Waals surface area contributed by atoms with E-state index in [1.165, 1.54) is 11.8 Å². The fourth-order valence-electron chi connectivity index (χ4n) is 1.79. The Kier molecular flexibility index (Phi) is 4.59. The summed E-state index contributed by atoms with van der Waals surface area (Å²) in [6, 6.07) is 0. The Morgan fingerprint density at radius 1 is 1.58 bits per heavy atom. The number of esters is 1. The second kappa shape index (κ2) is 6.40. The highest BCUT2D eigenvalue weighted by Gasteiger charge is 2.34. The number of hydroxylamine groups is 1. The van der Waals surface area contributed by atoms with E-state index in [1.807, 2.05) is 35.9 Å². The minimum absolute atomic E-state index is 0.315. The van der Waals surface area contributed by atoms with Gasteiger partial charge in [-0.2, -0.15) is 0 Å². The summed E-state index contributed by atoms with van der Waals surface area (Å²) in [5.74, 6) is -0.375. The van der Waals surface area contributed by atoms with Gasteiger partial charge in [0.2, 0.25) is 0 Å². The Morgan fingerprint density at radius 3 is 3.16 bits per heavy atom. The van der Waals surface area contributed by atoms with E-state index in [-0.39, 0.29) is 5.97 Å². The first-order valence-electron chi connectivity index (χ1n) is 5.82. The van der Waals surface area contributed by atoms with Crippen LogP contribution in [0.3, 0.4) is 0 Å². The molecule has 2 N–H and O–H groups in total. The molecule has 19 heavy (non-hydrogen) atoms. The van der Waals surface area contributed by atoms with Gasteiger partial charge in [-0.3, -0.25) is 15.7 Å². The number of carbonyl (C=O) groups is 1. The average Bonchev–Trinajstić information content (AvgIpc) is 2.58. The first-order valence-corrected chi connectivity index (χ1v) is 6.70. The van der Waals surface area contributed by atoms with Crippen LogP contribution in [0.15, 0.2) is 51.4 Å². The molecule has 0 fully saturated rings. The number of hydrogen-bond donors (Lipinski definition) is 2. The van der Waals surface area contributed by atoms with Gasteiger partial charge < -0.3 is 4.74 Å². The van der Waals surface area contributed by atoms with Gasteiger partial charge in [-0.15, -0.1) is 0 Å². The topological polar surface area (TPSA) is 70.9 Å². The fraction of sp³-hybridized carbons (Fsp3) is 0.231. The van der Waals surface area contributed by atoms with E-state index in [0.717, 1.165) is 16.8 Å². The largest absolute Gasteiger partial charge is 0.463 e. The zero-order valence-electron chi connectivity index (χ0n) is 10.4. The summed E-state index contributed by atoms with van der Waals surface area (Å²) < 4.78 is 5.08. The van der Waals surface area contributed by atoms with Crippen LogP contribution < -0.4 is 5.48 Å². The molecule has 1 atom stereocenters. The summed E-state index contributed by atoms with van der Waals surface area (Å²) in [6.45, 7) is 2.08. The molecular weight excluding hydrogens is 264 g/mol. The lowest BCUT2D eigenvalue weighted by Gasteiger charge is -2.08. The van der Waals surface area contributed by atoms with Crippen molar-refractivity contribution in [2.24, 2.45) is 4.99 Å². The highest BCUT2D eigenvalue weighted by Crippen LogP contribution is 2.44. The van der Waals surface area contributed by atoms with E-state index >= 15 is 0 Å². The quantitative estimate of drug-likeness (QED) is 0.356. The molecule has 6 heteroatoms. The molecule has 0 aromatic rings. The standard InChI is InChI=1S/C13H14N2O3S/c1-2-18-13(16)11-9-6-4-3-5-7-10(9)19-12(11)14-8-15-17/h3-8,12,17H,2H2,1H3,(H,14,15). The molecule has 0 saturated heterocycles. The molecule has 1 unspecified atom stereocenters. The van der Waals surface area contributed by atoms with Gasteiger partial charge >= 0.3 is 5.97 Å². The SMILES string of the molecule is CCOC(=O)C1=C2C=CC=CC=C2SC1/N=C/NO. The van der Waals surface area contributed by atoms with Gasteiger partial charge in [-0.05, 0) is 13.0 Å². The van der Waals surface area contributed by atoms with Crippen LogP contribution in [0.4, 0.5) is 0 Å². The monoisotopic (exact) mass is 278 g/mol. The molecule has 0 aromatic carbocycles. The van der Waals surface area contributed by atoms with Crippen molar-refractivity contribution >= 4 is 24.1 Å². The average molecular weight is 278 g/mol. The number of allylic oxidation sites excluding steroid dienone is 6. The summed E-state index contributed by atoms with van der Waals surface area (Å²) in [4.78, 5) is 17.1. The lowest BCUT2D eigenvalue weighted by atomic mass is 10.1. The number of ether oxygens (including phenoxy) is 1. The maximum Gasteiger partial charge on any atom is 0.337 e. The van der Waals surface area contributed by atoms with Gasteiger partial charge in [0.05, 0.1) is 12.2 Å². The number of thioether (sulfide) groups is 1. The van der Waals surface area contributed by atoms with Crippen LogP contribution in [-0.2, 0) is 9.53 Å². The van der Waals surface area contributed by atoms with E-state index in [4.69, 9.17) is 9.94 Å². The molecule has 0 saturated carbocycles. The molecule has 0 spiro atoms. The van der Waals surface area contributed by atoms with Crippen LogP contribution in [0.25, 0.3) is 0 Å². The fourth-order valence-corrected chi connectivity index (χ4v) is 2.96. The molecular formula is C13H14N2O3S. The van der Waals surface area contributed by atoms with Gasteiger partial charge in [-0.25, -0.2) is 4.79 Å². The van der Waals surface area contributed by atoms with Crippen molar-refractivity contribution in [2.45, 2.75) is 12.3 Å². The maximum atomic E-state index is 12.1. The van der Waals surface area contributed by atoms with Crippen LogP contribution in [0.5, 0.6) is 0 Å². The Balaban J connectivity index is 2.40. The molecule has 2 rings (SSSR count). The van der Waals surface area contributed by atoms with Crippen molar-refractivity contribution in [1.29, 1.82) is 0 Å². The predicted octanol–water partition coefficient (Wildman–Crippen LogP) is 1.94. The van der Waals surface area contributed by atoms with Crippen molar-refractivity contribution in [3.8, 4) is 0 Å². The van der Waals surface area contributed by atoms with E-state index < -0.39 is 5.37 Å². The third kappa shape index (κ3) is 2.97. The minimum atomic E-state index is -0.406. The Morgan fingerprint density at radius 2 is 2.42 bits per heavy atom. The van der Waals surface area contributed by atoms with Crippen LogP contribution in [0.2, 0.25) is 0 Å². The number of rotatable bonds is 4. The Labute approximate surface area is 115 Å². The summed E-state index contributed by atoms with van der Waals surface area (Å²) in [5.41, 5.74) is 3.18. The summed E-state index contributed by atoms with van der Waals surface area (Å²) in [6.07, 6.45) is 10.6. The number of hydrogen-bond acceptors (Lipinski definition) is 5. The number of aliphatic imine (C=N–C) groups is 1. The van der Waals surface area contributed by atoms with Gasteiger partial charge in [0.25, 0.3) is 0 Å². The number of nitrogens with one attached hydrogen (secondary N) is 1. The molecule has 2 aliphatic rings. The number of fused-ring (bicyclic) bond motifs is 1.